The monoisotopic (exact) mass is 703 g/mol. The van der Waals surface area contributed by atoms with Crippen LogP contribution in [-0.4, -0.2) is 29.3 Å². The zero-order valence-electron chi connectivity index (χ0n) is 27.4. The molecule has 1 aliphatic carbocycles. The van der Waals surface area contributed by atoms with Crippen molar-refractivity contribution in [1.82, 2.24) is 5.32 Å². The SMILES string of the molecule is O=C(Nc1cccc(SC(C(=O)Nc2cccc3c2C(=O)c2ccccc2C3=O)c2ccccc2)c1)/C(=C\c1ccco1)NC(=O)c1ccccc1. The second kappa shape index (κ2) is 15.0. The van der Waals surface area contributed by atoms with Crippen LogP contribution in [0.4, 0.5) is 11.4 Å². The van der Waals surface area contributed by atoms with Crippen molar-refractivity contribution in [3.8, 4) is 0 Å². The molecule has 0 radical (unpaired) electrons. The van der Waals surface area contributed by atoms with Crippen molar-refractivity contribution >= 4 is 58.5 Å². The van der Waals surface area contributed by atoms with Crippen molar-refractivity contribution < 1.29 is 28.4 Å². The smallest absolute Gasteiger partial charge is 0.272 e. The highest BCUT2D eigenvalue weighted by atomic mass is 32.2. The molecule has 0 saturated heterocycles. The molecule has 7 rings (SSSR count). The zero-order valence-corrected chi connectivity index (χ0v) is 28.2. The first-order valence-electron chi connectivity index (χ1n) is 16.2. The number of hydrogen-bond donors (Lipinski definition) is 3. The highest BCUT2D eigenvalue weighted by molar-refractivity contribution is 8.00. The maximum Gasteiger partial charge on any atom is 0.272 e. The third kappa shape index (κ3) is 7.23. The summed E-state index contributed by atoms with van der Waals surface area (Å²) in [6.45, 7) is 0. The molecule has 0 fully saturated rings. The fourth-order valence-corrected chi connectivity index (χ4v) is 6.87. The molecular weight excluding hydrogens is 675 g/mol. The standard InChI is InChI=1S/C42H29N3O6S/c46-37-31-19-7-8-20-32(31)38(47)36-33(37)21-10-22-34(36)44-42(50)39(26-12-3-1-4-13-26)52-30-18-9-16-28(24-30)43-41(49)35(25-29-17-11-23-51-29)45-40(48)27-14-5-2-6-15-27/h1-25,39H,(H,43,49)(H,44,50)(H,45,48)/b35-25+. The summed E-state index contributed by atoms with van der Waals surface area (Å²) in [6.07, 6.45) is 2.90. The number of rotatable bonds is 10. The lowest BCUT2D eigenvalue weighted by Gasteiger charge is -2.22. The van der Waals surface area contributed by atoms with Gasteiger partial charge in [0.1, 0.15) is 16.7 Å². The highest BCUT2D eigenvalue weighted by Crippen LogP contribution is 2.39. The molecule has 9 nitrogen and oxygen atoms in total. The third-order valence-corrected chi connectivity index (χ3v) is 9.50. The Balaban J connectivity index is 1.13. The van der Waals surface area contributed by atoms with E-state index in [-0.39, 0.29) is 39.6 Å². The fraction of sp³-hybridized carbons (Fsp3) is 0.0238. The summed E-state index contributed by atoms with van der Waals surface area (Å²) in [5.74, 6) is -1.72. The van der Waals surface area contributed by atoms with E-state index >= 15 is 0 Å². The van der Waals surface area contributed by atoms with Gasteiger partial charge in [0.2, 0.25) is 5.91 Å². The van der Waals surface area contributed by atoms with Crippen LogP contribution < -0.4 is 16.0 Å². The van der Waals surface area contributed by atoms with Gasteiger partial charge in [-0.25, -0.2) is 0 Å². The van der Waals surface area contributed by atoms with Crippen LogP contribution in [0, 0.1) is 0 Å². The third-order valence-electron chi connectivity index (χ3n) is 8.26. The topological polar surface area (TPSA) is 135 Å². The van der Waals surface area contributed by atoms with E-state index in [0.29, 0.717) is 33.0 Å². The number of carbonyl (C=O) groups excluding carboxylic acids is 5. The second-order valence-corrected chi connectivity index (χ2v) is 12.9. The van der Waals surface area contributed by atoms with Gasteiger partial charge >= 0.3 is 0 Å². The Kier molecular flexibility index (Phi) is 9.72. The number of fused-ring (bicyclic) bond motifs is 2. The van der Waals surface area contributed by atoms with E-state index in [0.717, 1.165) is 0 Å². The van der Waals surface area contributed by atoms with Gasteiger partial charge in [-0.3, -0.25) is 24.0 Å². The summed E-state index contributed by atoms with van der Waals surface area (Å²) in [5, 5.41) is 7.65. The van der Waals surface area contributed by atoms with Crippen molar-refractivity contribution in [3.63, 3.8) is 0 Å². The van der Waals surface area contributed by atoms with Crippen LogP contribution >= 0.6 is 11.8 Å². The number of anilines is 2. The van der Waals surface area contributed by atoms with Crippen LogP contribution in [-0.2, 0) is 9.59 Å². The Hall–Kier alpha value is -6.78. The number of ketones is 2. The lowest BCUT2D eigenvalue weighted by Crippen LogP contribution is -2.30. The largest absolute Gasteiger partial charge is 0.465 e. The van der Waals surface area contributed by atoms with E-state index in [1.807, 2.05) is 36.4 Å². The van der Waals surface area contributed by atoms with Gasteiger partial charge in [0.05, 0.1) is 17.5 Å². The van der Waals surface area contributed by atoms with Crippen molar-refractivity contribution in [1.29, 1.82) is 0 Å². The van der Waals surface area contributed by atoms with Gasteiger partial charge in [0, 0.05) is 38.9 Å². The first-order chi connectivity index (χ1) is 25.4. The van der Waals surface area contributed by atoms with Crippen LogP contribution in [0.5, 0.6) is 0 Å². The zero-order chi connectivity index (χ0) is 36.0. The molecule has 1 aromatic heterocycles. The van der Waals surface area contributed by atoms with E-state index in [1.165, 1.54) is 24.1 Å². The molecule has 1 heterocycles. The quantitative estimate of drug-likeness (QED) is 0.0973. The van der Waals surface area contributed by atoms with Gasteiger partial charge in [0.25, 0.3) is 11.8 Å². The van der Waals surface area contributed by atoms with E-state index in [9.17, 15) is 24.0 Å². The van der Waals surface area contributed by atoms with E-state index in [1.54, 1.807) is 103 Å². The number of furan rings is 1. The number of hydrogen-bond acceptors (Lipinski definition) is 7. The maximum absolute atomic E-state index is 14.1. The van der Waals surface area contributed by atoms with Crippen LogP contribution in [0.25, 0.3) is 6.08 Å². The molecule has 0 bridgehead atoms. The highest BCUT2D eigenvalue weighted by Gasteiger charge is 2.33. The van der Waals surface area contributed by atoms with Crippen molar-refractivity contribution in [2.45, 2.75) is 10.1 Å². The van der Waals surface area contributed by atoms with Crippen LogP contribution in [0.3, 0.4) is 0 Å². The molecule has 1 atom stereocenters. The first-order valence-corrected chi connectivity index (χ1v) is 17.1. The molecule has 3 amide bonds. The van der Waals surface area contributed by atoms with Gasteiger partial charge in [-0.05, 0) is 54.1 Å². The predicted molar refractivity (Wildman–Crippen MR) is 199 cm³/mol. The van der Waals surface area contributed by atoms with Crippen LogP contribution in [0.15, 0.2) is 161 Å². The lowest BCUT2D eigenvalue weighted by atomic mass is 9.83. The number of thioether (sulfide) groups is 1. The van der Waals surface area contributed by atoms with Gasteiger partial charge in [-0.15, -0.1) is 11.8 Å². The molecule has 0 saturated carbocycles. The van der Waals surface area contributed by atoms with Gasteiger partial charge in [-0.1, -0.05) is 91.0 Å². The second-order valence-electron chi connectivity index (χ2n) is 11.7. The average Bonchev–Trinajstić information content (AvgIpc) is 3.70. The van der Waals surface area contributed by atoms with E-state index in [4.69, 9.17) is 4.42 Å². The Bertz CT molecular complexity index is 2350. The summed E-state index contributed by atoms with van der Waals surface area (Å²) >= 11 is 1.24. The Morgan fingerprint density at radius 2 is 1.33 bits per heavy atom. The average molecular weight is 704 g/mol. The lowest BCUT2D eigenvalue weighted by molar-refractivity contribution is -0.116. The predicted octanol–water partition coefficient (Wildman–Crippen LogP) is 7.94. The minimum absolute atomic E-state index is 0.0368. The molecule has 0 aliphatic heterocycles. The summed E-state index contributed by atoms with van der Waals surface area (Å²) in [7, 11) is 0. The summed E-state index contributed by atoms with van der Waals surface area (Å²) in [6, 6.07) is 39.5. The molecule has 3 N–H and O–H groups in total. The fourth-order valence-electron chi connectivity index (χ4n) is 5.79. The Morgan fingerprint density at radius 3 is 2.06 bits per heavy atom. The normalized spacial score (nSPS) is 12.7. The number of amides is 3. The molecule has 1 unspecified atom stereocenters. The van der Waals surface area contributed by atoms with Crippen molar-refractivity contribution in [2.75, 3.05) is 10.6 Å². The molecule has 0 spiro atoms. The number of carbonyl (C=O) groups is 5. The molecule has 1 aliphatic rings. The maximum atomic E-state index is 14.1. The van der Waals surface area contributed by atoms with Crippen molar-refractivity contribution in [2.24, 2.45) is 0 Å². The number of nitrogens with one attached hydrogen (secondary N) is 3. The van der Waals surface area contributed by atoms with Crippen molar-refractivity contribution in [3.05, 3.63) is 191 Å². The molecular formula is C42H29N3O6S. The van der Waals surface area contributed by atoms with Crippen LogP contribution in [0.2, 0.25) is 0 Å². The molecule has 52 heavy (non-hydrogen) atoms. The van der Waals surface area contributed by atoms with Gasteiger partial charge in [-0.2, -0.15) is 0 Å². The summed E-state index contributed by atoms with van der Waals surface area (Å²) in [5.41, 5.74) is 2.70. The Morgan fingerprint density at radius 1 is 0.654 bits per heavy atom. The van der Waals surface area contributed by atoms with Gasteiger partial charge in [0.15, 0.2) is 11.6 Å². The molecule has 6 aromatic rings. The molecule has 5 aromatic carbocycles. The van der Waals surface area contributed by atoms with Crippen LogP contribution in [0.1, 0.15) is 58.8 Å². The van der Waals surface area contributed by atoms with E-state index in [2.05, 4.69) is 16.0 Å². The first kappa shape index (κ1) is 33.7. The minimum Gasteiger partial charge on any atom is -0.465 e. The molecule has 254 valence electrons. The number of benzene rings is 5. The summed E-state index contributed by atoms with van der Waals surface area (Å²) < 4.78 is 5.39. The Labute approximate surface area is 302 Å². The van der Waals surface area contributed by atoms with Gasteiger partial charge < -0.3 is 20.4 Å². The van der Waals surface area contributed by atoms with E-state index < -0.39 is 23.0 Å². The minimum atomic E-state index is -0.788. The molecule has 10 heteroatoms. The summed E-state index contributed by atoms with van der Waals surface area (Å²) in [4.78, 5) is 68.2.